The van der Waals surface area contributed by atoms with E-state index in [0.29, 0.717) is 0 Å². The van der Waals surface area contributed by atoms with Crippen molar-refractivity contribution in [2.45, 2.75) is 162 Å². The van der Waals surface area contributed by atoms with Crippen LogP contribution in [0.5, 0.6) is 0 Å². The highest BCUT2D eigenvalue weighted by molar-refractivity contribution is 5.78. The second-order valence-electron chi connectivity index (χ2n) is 8.92. The minimum absolute atomic E-state index is 0.994. The molecule has 0 radical (unpaired) electrons. The summed E-state index contributed by atoms with van der Waals surface area (Å²) in [5.74, 6) is 0. The normalized spacial score (nSPS) is 12.0. The van der Waals surface area contributed by atoms with Crippen molar-refractivity contribution in [2.75, 3.05) is 0 Å². The first-order valence-corrected chi connectivity index (χ1v) is 13.1. The molecule has 0 aliphatic carbocycles. The molecule has 0 aromatic carbocycles. The Balaban J connectivity index is 3.24. The number of rotatable bonds is 23. The molecule has 2 heteroatoms. The predicted octanol–water partition coefficient (Wildman–Crippen LogP) is 8.02. The predicted molar refractivity (Wildman–Crippen MR) is 127 cm³/mol. The lowest BCUT2D eigenvalue weighted by molar-refractivity contribution is -0.376. The van der Waals surface area contributed by atoms with Crippen molar-refractivity contribution in [1.29, 1.82) is 0 Å². The SMILES string of the molecule is CCCCCCCCCCCCCCCCCC(CCCCCCCC)=[NH+][O-]. The molecule has 0 bridgehead atoms. The third kappa shape index (κ3) is 21.8. The van der Waals surface area contributed by atoms with Gasteiger partial charge in [-0.25, -0.2) is 5.16 Å². The molecule has 0 rings (SSSR count). The highest BCUT2D eigenvalue weighted by Crippen LogP contribution is 2.14. The average Bonchev–Trinajstić information content (AvgIpc) is 2.71. The van der Waals surface area contributed by atoms with Crippen LogP contribution in [-0.2, 0) is 0 Å². The van der Waals surface area contributed by atoms with E-state index >= 15 is 0 Å². The van der Waals surface area contributed by atoms with Gasteiger partial charge in [-0.1, -0.05) is 136 Å². The summed E-state index contributed by atoms with van der Waals surface area (Å²) in [5, 5.41) is 13.3. The van der Waals surface area contributed by atoms with Gasteiger partial charge in [0.15, 0.2) is 5.71 Å². The minimum atomic E-state index is 0.994. The minimum Gasteiger partial charge on any atom is -0.625 e. The molecule has 0 amide bonds. The van der Waals surface area contributed by atoms with Gasteiger partial charge in [-0.3, -0.25) is 0 Å². The van der Waals surface area contributed by atoms with Crippen molar-refractivity contribution in [3.05, 3.63) is 5.21 Å². The lowest BCUT2D eigenvalue weighted by Crippen LogP contribution is -2.65. The molecule has 0 atom stereocenters. The maximum Gasteiger partial charge on any atom is 0.161 e. The van der Waals surface area contributed by atoms with Gasteiger partial charge in [0, 0.05) is 12.8 Å². The number of hydrogen-bond donors (Lipinski definition) is 1. The fraction of sp³-hybridized carbons (Fsp3) is 0.962. The number of hydrogen-bond acceptors (Lipinski definition) is 1. The molecule has 0 aliphatic rings. The van der Waals surface area contributed by atoms with Crippen LogP contribution in [0.3, 0.4) is 0 Å². The summed E-state index contributed by atoms with van der Waals surface area (Å²) in [7, 11) is 0. The molecule has 0 heterocycles. The van der Waals surface area contributed by atoms with Gasteiger partial charge >= 0.3 is 0 Å². The Hall–Kier alpha value is -0.530. The molecular formula is C26H53NO. The van der Waals surface area contributed by atoms with Gasteiger partial charge in [0.25, 0.3) is 0 Å². The Labute approximate surface area is 178 Å². The van der Waals surface area contributed by atoms with E-state index < -0.39 is 0 Å². The van der Waals surface area contributed by atoms with Crippen molar-refractivity contribution < 1.29 is 5.16 Å². The van der Waals surface area contributed by atoms with Crippen LogP contribution >= 0.6 is 0 Å². The lowest BCUT2D eigenvalue weighted by atomic mass is 10.0. The fourth-order valence-corrected chi connectivity index (χ4v) is 4.06. The maximum absolute atomic E-state index is 11.1. The molecule has 0 fully saturated rings. The van der Waals surface area contributed by atoms with Crippen molar-refractivity contribution in [1.82, 2.24) is 0 Å². The summed E-state index contributed by atoms with van der Waals surface area (Å²) in [6.45, 7) is 4.54. The number of nitrogens with one attached hydrogen (secondary N) is 1. The van der Waals surface area contributed by atoms with E-state index in [1.807, 2.05) is 0 Å². The number of unbranched alkanes of at least 4 members (excludes halogenated alkanes) is 19. The lowest BCUT2D eigenvalue weighted by Gasteiger charge is -2.04. The van der Waals surface area contributed by atoms with E-state index in [1.54, 1.807) is 0 Å². The van der Waals surface area contributed by atoms with Crippen LogP contribution in [0.1, 0.15) is 162 Å². The molecule has 168 valence electrons. The third-order valence-corrected chi connectivity index (χ3v) is 6.06. The molecule has 0 aromatic rings. The summed E-state index contributed by atoms with van der Waals surface area (Å²) in [6, 6.07) is 0. The van der Waals surface area contributed by atoms with Crippen molar-refractivity contribution >= 4 is 5.71 Å². The summed E-state index contributed by atoms with van der Waals surface area (Å²) in [5.41, 5.74) is 1.05. The molecule has 1 N–H and O–H groups in total. The Kier molecular flexibility index (Phi) is 24.0. The fourth-order valence-electron chi connectivity index (χ4n) is 4.06. The van der Waals surface area contributed by atoms with Crippen molar-refractivity contribution in [3.8, 4) is 0 Å². The first-order chi connectivity index (χ1) is 13.8. The van der Waals surface area contributed by atoms with Crippen LogP contribution in [-0.4, -0.2) is 5.71 Å². The van der Waals surface area contributed by atoms with Gasteiger partial charge in [-0.15, -0.1) is 0 Å². The smallest absolute Gasteiger partial charge is 0.161 e. The van der Waals surface area contributed by atoms with E-state index in [1.165, 1.54) is 135 Å². The zero-order chi connectivity index (χ0) is 20.5. The molecule has 0 spiro atoms. The van der Waals surface area contributed by atoms with Crippen molar-refractivity contribution in [3.63, 3.8) is 0 Å². The molecule has 0 saturated heterocycles. The van der Waals surface area contributed by atoms with Crippen LogP contribution in [0.15, 0.2) is 0 Å². The average molecular weight is 396 g/mol. The summed E-state index contributed by atoms with van der Waals surface area (Å²) < 4.78 is 0. The Morgan fingerprint density at radius 1 is 0.429 bits per heavy atom. The first-order valence-electron chi connectivity index (χ1n) is 13.1. The molecule has 0 aromatic heterocycles. The van der Waals surface area contributed by atoms with E-state index in [9.17, 15) is 5.21 Å². The van der Waals surface area contributed by atoms with E-state index in [4.69, 9.17) is 0 Å². The molecule has 0 unspecified atom stereocenters. The molecule has 0 saturated carbocycles. The molecular weight excluding hydrogens is 342 g/mol. The topological polar surface area (TPSA) is 37.0 Å². The van der Waals surface area contributed by atoms with Gasteiger partial charge in [-0.05, 0) is 12.8 Å². The quantitative estimate of drug-likeness (QED) is 0.0808. The summed E-state index contributed by atoms with van der Waals surface area (Å²) in [6.07, 6.45) is 30.8. The van der Waals surface area contributed by atoms with E-state index in [2.05, 4.69) is 19.0 Å². The highest BCUT2D eigenvalue weighted by atomic mass is 16.4. The van der Waals surface area contributed by atoms with Crippen molar-refractivity contribution in [2.24, 2.45) is 0 Å². The summed E-state index contributed by atoms with van der Waals surface area (Å²) >= 11 is 0. The maximum atomic E-state index is 11.1. The van der Waals surface area contributed by atoms with Gasteiger partial charge < -0.3 is 5.21 Å². The zero-order valence-electron chi connectivity index (χ0n) is 19.7. The van der Waals surface area contributed by atoms with Gasteiger partial charge in [0.05, 0.1) is 0 Å². The highest BCUT2D eigenvalue weighted by Gasteiger charge is 2.04. The van der Waals surface area contributed by atoms with Crippen LogP contribution < -0.4 is 5.16 Å². The standard InChI is InChI=1S/C26H53NO/c1-3-5-7-9-11-12-13-14-15-16-17-18-19-21-23-25-26(27-28)24-22-20-10-8-6-4-2/h27H,3-25H2,1-2H3. The zero-order valence-corrected chi connectivity index (χ0v) is 19.7. The third-order valence-electron chi connectivity index (χ3n) is 6.06. The van der Waals surface area contributed by atoms with Crippen LogP contribution in [0.25, 0.3) is 0 Å². The largest absolute Gasteiger partial charge is 0.625 e. The van der Waals surface area contributed by atoms with Gasteiger partial charge in [0.1, 0.15) is 0 Å². The van der Waals surface area contributed by atoms with Crippen LogP contribution in [0.2, 0.25) is 0 Å². The molecule has 2 nitrogen and oxygen atoms in total. The Morgan fingerprint density at radius 3 is 0.929 bits per heavy atom. The van der Waals surface area contributed by atoms with E-state index in [-0.39, 0.29) is 0 Å². The second kappa shape index (κ2) is 24.5. The van der Waals surface area contributed by atoms with Crippen LogP contribution in [0, 0.1) is 5.21 Å². The van der Waals surface area contributed by atoms with E-state index in [0.717, 1.165) is 18.6 Å². The van der Waals surface area contributed by atoms with Gasteiger partial charge in [-0.2, -0.15) is 0 Å². The molecule has 0 aliphatic heterocycles. The van der Waals surface area contributed by atoms with Crippen LogP contribution in [0.4, 0.5) is 0 Å². The Morgan fingerprint density at radius 2 is 0.679 bits per heavy atom. The first kappa shape index (κ1) is 27.5. The summed E-state index contributed by atoms with van der Waals surface area (Å²) in [4.78, 5) is 0. The van der Waals surface area contributed by atoms with Gasteiger partial charge in [0.2, 0.25) is 0 Å². The monoisotopic (exact) mass is 395 g/mol. The Bertz CT molecular complexity index is 314. The molecule has 28 heavy (non-hydrogen) atoms. The second-order valence-corrected chi connectivity index (χ2v) is 8.92.